The Bertz CT molecular complexity index is 554. The lowest BCUT2D eigenvalue weighted by molar-refractivity contribution is 0.0256. The zero-order valence-corrected chi connectivity index (χ0v) is 15.2. The molecule has 1 saturated heterocycles. The first kappa shape index (κ1) is 17.9. The maximum Gasteiger partial charge on any atom is 0.410 e. The lowest BCUT2D eigenvalue weighted by Crippen LogP contribution is -2.37. The molecule has 1 N–H and O–H groups in total. The number of nitrogens with one attached hydrogen (secondary N) is 1. The van der Waals surface area contributed by atoms with Crippen molar-refractivity contribution in [3.05, 3.63) is 28.8 Å². The SMILES string of the molecule is Cc1ccc(NC2CCCN(C(=O)OC(C)(C)C)CC2)cc1Cl. The molecule has 1 amide bonds. The molecule has 1 aromatic carbocycles. The smallest absolute Gasteiger partial charge is 0.410 e. The highest BCUT2D eigenvalue weighted by Gasteiger charge is 2.25. The zero-order valence-electron chi connectivity index (χ0n) is 14.5. The van der Waals surface area contributed by atoms with E-state index in [-0.39, 0.29) is 6.09 Å². The van der Waals surface area contributed by atoms with Crippen molar-refractivity contribution in [2.75, 3.05) is 18.4 Å². The van der Waals surface area contributed by atoms with E-state index in [0.717, 1.165) is 42.1 Å². The number of aryl methyl sites for hydroxylation is 1. The average molecular weight is 339 g/mol. The van der Waals surface area contributed by atoms with Crippen LogP contribution >= 0.6 is 11.6 Å². The van der Waals surface area contributed by atoms with E-state index in [1.807, 2.05) is 44.7 Å². The highest BCUT2D eigenvalue weighted by Crippen LogP contribution is 2.23. The molecule has 1 aliphatic heterocycles. The van der Waals surface area contributed by atoms with Gasteiger partial charge < -0.3 is 15.0 Å². The Morgan fingerprint density at radius 1 is 1.30 bits per heavy atom. The molecule has 1 fully saturated rings. The van der Waals surface area contributed by atoms with Crippen LogP contribution in [0.3, 0.4) is 0 Å². The topological polar surface area (TPSA) is 41.6 Å². The van der Waals surface area contributed by atoms with Crippen molar-refractivity contribution >= 4 is 23.4 Å². The number of amides is 1. The molecule has 128 valence electrons. The van der Waals surface area contributed by atoms with Crippen LogP contribution in [0.5, 0.6) is 0 Å². The second kappa shape index (κ2) is 7.43. The zero-order chi connectivity index (χ0) is 17.0. The van der Waals surface area contributed by atoms with Gasteiger partial charge in [0, 0.05) is 29.8 Å². The van der Waals surface area contributed by atoms with E-state index in [2.05, 4.69) is 11.4 Å². The number of likely N-dealkylation sites (tertiary alicyclic amines) is 1. The number of benzene rings is 1. The van der Waals surface area contributed by atoms with Crippen LogP contribution in [-0.4, -0.2) is 35.7 Å². The van der Waals surface area contributed by atoms with E-state index in [0.29, 0.717) is 12.6 Å². The van der Waals surface area contributed by atoms with E-state index in [4.69, 9.17) is 16.3 Å². The Labute approximate surface area is 144 Å². The third-order valence-electron chi connectivity index (χ3n) is 3.92. The Morgan fingerprint density at radius 3 is 2.70 bits per heavy atom. The van der Waals surface area contributed by atoms with Gasteiger partial charge in [-0.05, 0) is 64.7 Å². The minimum atomic E-state index is -0.445. The van der Waals surface area contributed by atoms with E-state index in [1.54, 1.807) is 0 Å². The molecule has 1 atom stereocenters. The first-order chi connectivity index (χ1) is 10.7. The number of anilines is 1. The van der Waals surface area contributed by atoms with Crippen molar-refractivity contribution in [1.29, 1.82) is 0 Å². The van der Waals surface area contributed by atoms with Crippen molar-refractivity contribution < 1.29 is 9.53 Å². The van der Waals surface area contributed by atoms with Gasteiger partial charge in [-0.1, -0.05) is 17.7 Å². The molecule has 1 aromatic rings. The number of ether oxygens (including phenoxy) is 1. The van der Waals surface area contributed by atoms with Gasteiger partial charge in [0.05, 0.1) is 0 Å². The van der Waals surface area contributed by atoms with Gasteiger partial charge in [0.2, 0.25) is 0 Å². The first-order valence-electron chi connectivity index (χ1n) is 8.25. The summed E-state index contributed by atoms with van der Waals surface area (Å²) in [6.07, 6.45) is 2.70. The molecule has 0 saturated carbocycles. The van der Waals surface area contributed by atoms with Crippen LogP contribution in [0, 0.1) is 6.92 Å². The summed E-state index contributed by atoms with van der Waals surface area (Å²) in [5.74, 6) is 0. The molecule has 0 spiro atoms. The molecule has 0 bridgehead atoms. The fourth-order valence-corrected chi connectivity index (χ4v) is 2.85. The van der Waals surface area contributed by atoms with Crippen LogP contribution in [0.25, 0.3) is 0 Å². The molecule has 1 aliphatic rings. The minimum absolute atomic E-state index is 0.212. The number of nitrogens with zero attached hydrogens (tertiary/aromatic N) is 1. The van der Waals surface area contributed by atoms with Gasteiger partial charge in [-0.15, -0.1) is 0 Å². The quantitative estimate of drug-likeness (QED) is 0.838. The van der Waals surface area contributed by atoms with Gasteiger partial charge in [0.25, 0.3) is 0 Å². The van der Waals surface area contributed by atoms with Crippen molar-refractivity contribution in [2.45, 2.75) is 58.6 Å². The third-order valence-corrected chi connectivity index (χ3v) is 4.33. The van der Waals surface area contributed by atoms with Crippen LogP contribution in [0.1, 0.15) is 45.6 Å². The maximum absolute atomic E-state index is 12.2. The second-order valence-electron chi connectivity index (χ2n) is 7.20. The number of halogens is 1. The van der Waals surface area contributed by atoms with Crippen LogP contribution in [0.15, 0.2) is 18.2 Å². The largest absolute Gasteiger partial charge is 0.444 e. The van der Waals surface area contributed by atoms with Crippen LogP contribution in [-0.2, 0) is 4.74 Å². The van der Waals surface area contributed by atoms with Crippen LogP contribution in [0.2, 0.25) is 5.02 Å². The van der Waals surface area contributed by atoms with Gasteiger partial charge in [0.15, 0.2) is 0 Å². The Kier molecular flexibility index (Phi) is 5.79. The van der Waals surface area contributed by atoms with Gasteiger partial charge in [-0.3, -0.25) is 0 Å². The number of carbonyl (C=O) groups excluding carboxylic acids is 1. The molecular formula is C18H27ClN2O2. The number of carbonyl (C=O) groups is 1. The van der Waals surface area contributed by atoms with Crippen LogP contribution in [0.4, 0.5) is 10.5 Å². The normalized spacial score (nSPS) is 19.2. The van der Waals surface area contributed by atoms with Gasteiger partial charge in [-0.25, -0.2) is 4.79 Å². The molecular weight excluding hydrogens is 312 g/mol. The predicted molar refractivity (Wildman–Crippen MR) is 95.3 cm³/mol. The fraction of sp³-hybridized carbons (Fsp3) is 0.611. The molecule has 5 heteroatoms. The molecule has 4 nitrogen and oxygen atoms in total. The summed E-state index contributed by atoms with van der Waals surface area (Å²) < 4.78 is 5.46. The highest BCUT2D eigenvalue weighted by atomic mass is 35.5. The van der Waals surface area contributed by atoms with E-state index < -0.39 is 5.60 Å². The van der Waals surface area contributed by atoms with Gasteiger partial charge in [-0.2, -0.15) is 0 Å². The Hall–Kier alpha value is -1.42. The molecule has 0 aromatic heterocycles. The molecule has 1 unspecified atom stereocenters. The highest BCUT2D eigenvalue weighted by molar-refractivity contribution is 6.31. The molecule has 1 heterocycles. The summed E-state index contributed by atoms with van der Waals surface area (Å²) in [5.41, 5.74) is 1.67. The maximum atomic E-state index is 12.2. The van der Waals surface area contributed by atoms with Gasteiger partial charge in [0.1, 0.15) is 5.60 Å². The van der Waals surface area contributed by atoms with Crippen molar-refractivity contribution in [3.63, 3.8) is 0 Å². The van der Waals surface area contributed by atoms with Crippen molar-refractivity contribution in [3.8, 4) is 0 Å². The summed E-state index contributed by atoms with van der Waals surface area (Å²) in [7, 11) is 0. The van der Waals surface area contributed by atoms with Crippen molar-refractivity contribution in [1.82, 2.24) is 4.90 Å². The second-order valence-corrected chi connectivity index (χ2v) is 7.61. The summed E-state index contributed by atoms with van der Waals surface area (Å²) in [6, 6.07) is 6.39. The summed E-state index contributed by atoms with van der Waals surface area (Å²) in [5, 5.41) is 4.31. The number of hydrogen-bond donors (Lipinski definition) is 1. The lowest BCUT2D eigenvalue weighted by Gasteiger charge is -2.26. The number of rotatable bonds is 2. The van der Waals surface area contributed by atoms with E-state index >= 15 is 0 Å². The summed E-state index contributed by atoms with van der Waals surface area (Å²) in [4.78, 5) is 14.0. The summed E-state index contributed by atoms with van der Waals surface area (Å²) >= 11 is 6.18. The fourth-order valence-electron chi connectivity index (χ4n) is 2.67. The minimum Gasteiger partial charge on any atom is -0.444 e. The molecule has 0 radical (unpaired) electrons. The van der Waals surface area contributed by atoms with Crippen molar-refractivity contribution in [2.24, 2.45) is 0 Å². The first-order valence-corrected chi connectivity index (χ1v) is 8.63. The van der Waals surface area contributed by atoms with Gasteiger partial charge >= 0.3 is 6.09 Å². The summed E-state index contributed by atoms with van der Waals surface area (Å²) in [6.45, 7) is 9.15. The lowest BCUT2D eigenvalue weighted by atomic mass is 10.1. The Morgan fingerprint density at radius 2 is 2.04 bits per heavy atom. The standard InChI is InChI=1S/C18H27ClN2O2/c1-13-7-8-15(12-16(13)19)20-14-6-5-10-21(11-9-14)17(22)23-18(2,3)4/h7-8,12,14,20H,5-6,9-11H2,1-4H3. The molecule has 2 rings (SSSR count). The van der Waals surface area contributed by atoms with Crippen LogP contribution < -0.4 is 5.32 Å². The average Bonchev–Trinajstić information content (AvgIpc) is 2.67. The molecule has 23 heavy (non-hydrogen) atoms. The predicted octanol–water partition coefficient (Wildman–Crippen LogP) is 4.85. The molecule has 0 aliphatic carbocycles. The monoisotopic (exact) mass is 338 g/mol. The third kappa shape index (κ3) is 5.61. The van der Waals surface area contributed by atoms with E-state index in [1.165, 1.54) is 0 Å². The Balaban J connectivity index is 1.90. The van der Waals surface area contributed by atoms with E-state index in [9.17, 15) is 4.79 Å². The number of hydrogen-bond acceptors (Lipinski definition) is 3.